The van der Waals surface area contributed by atoms with Gasteiger partial charge >= 0.3 is 0 Å². The van der Waals surface area contributed by atoms with Crippen molar-refractivity contribution in [1.29, 1.82) is 0 Å². The fourth-order valence-corrected chi connectivity index (χ4v) is 4.23. The first kappa shape index (κ1) is 20.0. The van der Waals surface area contributed by atoms with Crippen LogP contribution in [-0.4, -0.2) is 56.8 Å². The van der Waals surface area contributed by atoms with Gasteiger partial charge in [-0.05, 0) is 46.8 Å². The fourth-order valence-electron chi connectivity index (χ4n) is 2.78. The van der Waals surface area contributed by atoms with Crippen LogP contribution >= 0.6 is 11.8 Å². The van der Waals surface area contributed by atoms with E-state index >= 15 is 0 Å². The lowest BCUT2D eigenvalue weighted by atomic mass is 10.3. The highest BCUT2D eigenvalue weighted by Gasteiger charge is 2.15. The molecule has 4 aromatic rings. The molecule has 0 saturated heterocycles. The maximum absolute atomic E-state index is 11.7. The molecule has 4 rings (SSSR count). The SMILES string of the molecule is COc1ccccc1-n1cnnc1SCc1nnnn1-c1ccc(S(C)(=O)=O)cc1. The van der Waals surface area contributed by atoms with Crippen LogP contribution in [0.25, 0.3) is 11.4 Å². The summed E-state index contributed by atoms with van der Waals surface area (Å²) in [7, 11) is -1.66. The van der Waals surface area contributed by atoms with Crippen LogP contribution in [0, 0.1) is 0 Å². The second-order valence-electron chi connectivity index (χ2n) is 6.22. The summed E-state index contributed by atoms with van der Waals surface area (Å²) in [4.78, 5) is 0.236. The molecule has 0 saturated carbocycles. The standard InChI is InChI=1S/C18H17N7O3S2/c1-28-16-6-4-3-5-15(16)24-12-19-21-18(24)29-11-17-20-22-23-25(17)13-7-9-14(10-8-13)30(2,26)27/h3-10,12H,11H2,1-2H3. The van der Waals surface area contributed by atoms with Crippen LogP contribution < -0.4 is 4.74 Å². The number of sulfone groups is 1. The van der Waals surface area contributed by atoms with Gasteiger partial charge in [0, 0.05) is 6.26 Å². The van der Waals surface area contributed by atoms with Gasteiger partial charge < -0.3 is 4.74 Å². The van der Waals surface area contributed by atoms with E-state index in [0.29, 0.717) is 28.2 Å². The molecule has 0 spiro atoms. The van der Waals surface area contributed by atoms with E-state index in [1.54, 1.807) is 30.3 Å². The van der Waals surface area contributed by atoms with E-state index in [9.17, 15) is 8.42 Å². The van der Waals surface area contributed by atoms with Gasteiger partial charge in [-0.2, -0.15) is 4.68 Å². The summed E-state index contributed by atoms with van der Waals surface area (Å²) in [6.07, 6.45) is 2.78. The van der Waals surface area contributed by atoms with Gasteiger partial charge in [0.15, 0.2) is 20.8 Å². The molecule has 2 aromatic heterocycles. The van der Waals surface area contributed by atoms with Gasteiger partial charge in [0.25, 0.3) is 0 Å². The summed E-state index contributed by atoms with van der Waals surface area (Å²) >= 11 is 1.42. The molecule has 10 nitrogen and oxygen atoms in total. The van der Waals surface area contributed by atoms with Crippen LogP contribution in [0.1, 0.15) is 5.82 Å². The van der Waals surface area contributed by atoms with Gasteiger partial charge in [-0.25, -0.2) is 8.42 Å². The zero-order chi connectivity index (χ0) is 21.1. The highest BCUT2D eigenvalue weighted by atomic mass is 32.2. The van der Waals surface area contributed by atoms with Crippen LogP contribution in [0.3, 0.4) is 0 Å². The molecule has 0 fully saturated rings. The van der Waals surface area contributed by atoms with Gasteiger partial charge in [-0.3, -0.25) is 4.57 Å². The summed E-state index contributed by atoms with van der Waals surface area (Å²) in [6.45, 7) is 0. The number of nitrogens with zero attached hydrogens (tertiary/aromatic N) is 7. The second kappa shape index (κ2) is 8.24. The molecule has 2 heterocycles. The summed E-state index contributed by atoms with van der Waals surface area (Å²) < 4.78 is 32.1. The largest absolute Gasteiger partial charge is 0.495 e. The van der Waals surface area contributed by atoms with Crippen molar-refractivity contribution < 1.29 is 13.2 Å². The topological polar surface area (TPSA) is 118 Å². The number of hydrogen-bond donors (Lipinski definition) is 0. The Kier molecular flexibility index (Phi) is 5.50. The van der Waals surface area contributed by atoms with Crippen molar-refractivity contribution in [2.24, 2.45) is 0 Å². The molecule has 0 amide bonds. The minimum absolute atomic E-state index is 0.236. The van der Waals surface area contributed by atoms with Crippen LogP contribution in [0.2, 0.25) is 0 Å². The lowest BCUT2D eigenvalue weighted by Gasteiger charge is -2.10. The van der Waals surface area contributed by atoms with E-state index in [4.69, 9.17) is 4.74 Å². The van der Waals surface area contributed by atoms with Crippen LogP contribution in [0.5, 0.6) is 5.75 Å². The first-order valence-electron chi connectivity index (χ1n) is 8.71. The van der Waals surface area contributed by atoms with Crippen LogP contribution in [-0.2, 0) is 15.6 Å². The average Bonchev–Trinajstić information content (AvgIpc) is 3.41. The maximum atomic E-state index is 11.7. The van der Waals surface area contributed by atoms with Crippen molar-refractivity contribution in [3.8, 4) is 17.1 Å². The summed E-state index contributed by atoms with van der Waals surface area (Å²) in [6, 6.07) is 14.0. The van der Waals surface area contributed by atoms with Crippen molar-refractivity contribution in [3.05, 3.63) is 60.7 Å². The van der Waals surface area contributed by atoms with E-state index in [1.165, 1.54) is 30.2 Å². The fraction of sp³-hybridized carbons (Fsp3) is 0.167. The van der Waals surface area contributed by atoms with Crippen LogP contribution in [0.15, 0.2) is 64.9 Å². The average molecular weight is 444 g/mol. The molecule has 30 heavy (non-hydrogen) atoms. The van der Waals surface area contributed by atoms with Gasteiger partial charge in [0.05, 0.1) is 29.1 Å². The molecule has 0 aliphatic rings. The number of tetrazole rings is 1. The Bertz CT molecular complexity index is 1270. The van der Waals surface area contributed by atoms with Gasteiger partial charge in [-0.1, -0.05) is 23.9 Å². The molecule has 0 aliphatic heterocycles. The summed E-state index contributed by atoms with van der Waals surface area (Å²) in [5.74, 6) is 1.71. The molecule has 154 valence electrons. The lowest BCUT2D eigenvalue weighted by Crippen LogP contribution is -2.04. The third kappa shape index (κ3) is 4.04. The number of para-hydroxylation sites is 2. The van der Waals surface area contributed by atoms with Gasteiger partial charge in [0.1, 0.15) is 12.1 Å². The van der Waals surface area contributed by atoms with E-state index in [0.717, 1.165) is 5.69 Å². The molecule has 0 radical (unpaired) electrons. The number of hydrogen-bond acceptors (Lipinski definition) is 9. The zero-order valence-electron chi connectivity index (χ0n) is 16.1. The van der Waals surface area contributed by atoms with E-state index in [2.05, 4.69) is 25.7 Å². The number of ether oxygens (including phenoxy) is 1. The van der Waals surface area contributed by atoms with E-state index in [-0.39, 0.29) is 4.90 Å². The van der Waals surface area contributed by atoms with Crippen molar-refractivity contribution in [1.82, 2.24) is 35.0 Å². The number of benzene rings is 2. The van der Waals surface area contributed by atoms with Gasteiger partial charge in [0.2, 0.25) is 0 Å². The number of thioether (sulfide) groups is 1. The second-order valence-corrected chi connectivity index (χ2v) is 9.18. The Morgan fingerprint density at radius 2 is 1.83 bits per heavy atom. The lowest BCUT2D eigenvalue weighted by molar-refractivity contribution is 0.412. The summed E-state index contributed by atoms with van der Waals surface area (Å²) in [5, 5.41) is 20.7. The number of rotatable bonds is 7. The quantitative estimate of drug-likeness (QED) is 0.395. The predicted octanol–water partition coefficient (Wildman–Crippen LogP) is 1.95. The molecule has 0 N–H and O–H groups in total. The number of aromatic nitrogens is 7. The third-order valence-corrected chi connectivity index (χ3v) is 6.30. The van der Waals surface area contributed by atoms with E-state index < -0.39 is 9.84 Å². The Morgan fingerprint density at radius 3 is 2.57 bits per heavy atom. The molecular formula is C18H17N7O3S2. The Balaban J connectivity index is 1.56. The van der Waals surface area contributed by atoms with Crippen molar-refractivity contribution in [2.45, 2.75) is 15.8 Å². The minimum Gasteiger partial charge on any atom is -0.495 e. The van der Waals surface area contributed by atoms with E-state index in [1.807, 2.05) is 28.8 Å². The van der Waals surface area contributed by atoms with Crippen molar-refractivity contribution in [3.63, 3.8) is 0 Å². The molecular weight excluding hydrogens is 426 g/mol. The molecule has 0 aliphatic carbocycles. The normalized spacial score (nSPS) is 11.5. The predicted molar refractivity (Wildman–Crippen MR) is 110 cm³/mol. The Morgan fingerprint density at radius 1 is 1.07 bits per heavy atom. The zero-order valence-corrected chi connectivity index (χ0v) is 17.7. The Hall–Kier alpha value is -3.25. The number of methoxy groups -OCH3 is 1. The molecule has 12 heteroatoms. The summed E-state index contributed by atoms with van der Waals surface area (Å²) in [5.41, 5.74) is 1.48. The smallest absolute Gasteiger partial charge is 0.196 e. The maximum Gasteiger partial charge on any atom is 0.196 e. The van der Waals surface area contributed by atoms with Gasteiger partial charge in [-0.15, -0.1) is 15.3 Å². The van der Waals surface area contributed by atoms with Crippen LogP contribution in [0.4, 0.5) is 0 Å². The molecule has 2 aromatic carbocycles. The molecule has 0 atom stereocenters. The van der Waals surface area contributed by atoms with Crippen molar-refractivity contribution in [2.75, 3.05) is 13.4 Å². The highest BCUT2D eigenvalue weighted by Crippen LogP contribution is 2.28. The van der Waals surface area contributed by atoms with Crippen molar-refractivity contribution >= 4 is 21.6 Å². The third-order valence-electron chi connectivity index (χ3n) is 4.24. The minimum atomic E-state index is -3.27. The molecule has 0 bridgehead atoms. The Labute approximate surface area is 176 Å². The molecule has 0 unspecified atom stereocenters. The monoisotopic (exact) mass is 443 g/mol. The first-order chi connectivity index (χ1) is 14.5. The highest BCUT2D eigenvalue weighted by molar-refractivity contribution is 7.98. The first-order valence-corrected chi connectivity index (χ1v) is 11.6.